The van der Waals surface area contributed by atoms with Gasteiger partial charge in [-0.1, -0.05) is 0 Å². The zero-order valence-corrected chi connectivity index (χ0v) is 13.2. The molecule has 0 bridgehead atoms. The number of hydrogen-bond donors (Lipinski definition) is 0. The average Bonchev–Trinajstić information content (AvgIpc) is 2.52. The third-order valence-electron chi connectivity index (χ3n) is 4.16. The molecule has 24 heavy (non-hydrogen) atoms. The molecule has 0 N–H and O–H groups in total. The molecule has 0 aliphatic carbocycles. The van der Waals surface area contributed by atoms with Crippen molar-refractivity contribution in [1.29, 1.82) is 0 Å². The van der Waals surface area contributed by atoms with Crippen LogP contribution in [-0.2, 0) is 6.42 Å². The molecule has 2 aromatic rings. The molecule has 0 saturated heterocycles. The van der Waals surface area contributed by atoms with Gasteiger partial charge in [0.2, 0.25) is 0 Å². The molecule has 0 radical (unpaired) electrons. The fourth-order valence-corrected chi connectivity index (χ4v) is 3.15. The Balaban J connectivity index is 2.19. The quantitative estimate of drug-likeness (QED) is 0.858. The first-order chi connectivity index (χ1) is 11.3. The van der Waals surface area contributed by atoms with E-state index in [-0.39, 0.29) is 11.8 Å². The van der Waals surface area contributed by atoms with Crippen LogP contribution < -0.4 is 14.9 Å². The van der Waals surface area contributed by atoms with Crippen LogP contribution in [-0.4, -0.2) is 25.0 Å². The predicted octanol–water partition coefficient (Wildman–Crippen LogP) is 3.58. The SMILES string of the molecule is COc1cc2c(cc1OC)-c1cc(=O)ccn1C(CC(F)(F)F)C2. The maximum Gasteiger partial charge on any atom is 0.391 e. The van der Waals surface area contributed by atoms with Crippen molar-refractivity contribution in [1.82, 2.24) is 4.57 Å². The van der Waals surface area contributed by atoms with Gasteiger partial charge in [-0.05, 0) is 24.1 Å². The van der Waals surface area contributed by atoms with E-state index in [1.54, 1.807) is 12.1 Å². The van der Waals surface area contributed by atoms with Gasteiger partial charge < -0.3 is 14.0 Å². The Labute approximate surface area is 136 Å². The molecule has 0 fully saturated rings. The summed E-state index contributed by atoms with van der Waals surface area (Å²) in [5.74, 6) is 0.919. The van der Waals surface area contributed by atoms with Gasteiger partial charge in [0.25, 0.3) is 0 Å². The zero-order chi connectivity index (χ0) is 17.5. The Morgan fingerprint density at radius 1 is 1.17 bits per heavy atom. The fourth-order valence-electron chi connectivity index (χ4n) is 3.15. The number of hydrogen-bond acceptors (Lipinski definition) is 3. The number of aromatic nitrogens is 1. The highest BCUT2D eigenvalue weighted by molar-refractivity contribution is 5.70. The number of halogens is 3. The molecule has 0 amide bonds. The molecule has 2 heterocycles. The summed E-state index contributed by atoms with van der Waals surface area (Å²) in [5, 5.41) is 0. The van der Waals surface area contributed by atoms with Gasteiger partial charge in [0.15, 0.2) is 16.9 Å². The van der Waals surface area contributed by atoms with Gasteiger partial charge in [-0.3, -0.25) is 4.79 Å². The van der Waals surface area contributed by atoms with Crippen LogP contribution in [0.1, 0.15) is 18.0 Å². The predicted molar refractivity (Wildman–Crippen MR) is 82.7 cm³/mol. The molecule has 1 aromatic heterocycles. The Bertz CT molecular complexity index is 827. The summed E-state index contributed by atoms with van der Waals surface area (Å²) in [5.41, 5.74) is 1.59. The Kier molecular flexibility index (Phi) is 4.03. The van der Waals surface area contributed by atoms with Crippen LogP contribution in [0, 0.1) is 0 Å². The number of ether oxygens (including phenoxy) is 2. The van der Waals surface area contributed by atoms with Crippen LogP contribution in [0.2, 0.25) is 0 Å². The van der Waals surface area contributed by atoms with E-state index in [2.05, 4.69) is 0 Å². The lowest BCUT2D eigenvalue weighted by Gasteiger charge is -2.31. The van der Waals surface area contributed by atoms with Gasteiger partial charge in [0.1, 0.15) is 0 Å². The second-order valence-electron chi connectivity index (χ2n) is 5.70. The molecule has 7 heteroatoms. The molecule has 128 valence electrons. The van der Waals surface area contributed by atoms with Crippen molar-refractivity contribution < 1.29 is 22.6 Å². The second kappa shape index (κ2) is 5.89. The van der Waals surface area contributed by atoms with E-state index in [1.807, 2.05) is 0 Å². The van der Waals surface area contributed by atoms with Crippen LogP contribution in [0.15, 0.2) is 35.3 Å². The molecule has 1 aliphatic heterocycles. The van der Waals surface area contributed by atoms with E-state index in [0.717, 1.165) is 0 Å². The molecular weight excluding hydrogens is 323 g/mol. The fraction of sp³-hybridized carbons (Fsp3) is 0.353. The van der Waals surface area contributed by atoms with E-state index in [0.29, 0.717) is 28.3 Å². The third-order valence-corrected chi connectivity index (χ3v) is 4.16. The van der Waals surface area contributed by atoms with Crippen molar-refractivity contribution >= 4 is 0 Å². The van der Waals surface area contributed by atoms with E-state index < -0.39 is 18.6 Å². The van der Waals surface area contributed by atoms with E-state index in [1.165, 1.54) is 37.1 Å². The molecule has 3 rings (SSSR count). The van der Waals surface area contributed by atoms with Crippen molar-refractivity contribution in [3.8, 4) is 22.8 Å². The number of rotatable bonds is 3. The number of fused-ring (bicyclic) bond motifs is 3. The van der Waals surface area contributed by atoms with Crippen molar-refractivity contribution in [3.05, 3.63) is 46.2 Å². The van der Waals surface area contributed by atoms with Gasteiger partial charge in [-0.25, -0.2) is 0 Å². The van der Waals surface area contributed by atoms with Crippen LogP contribution in [0.5, 0.6) is 11.5 Å². The Morgan fingerprint density at radius 3 is 2.46 bits per heavy atom. The van der Waals surface area contributed by atoms with Crippen molar-refractivity contribution in [2.75, 3.05) is 14.2 Å². The minimum Gasteiger partial charge on any atom is -0.493 e. The maximum absolute atomic E-state index is 12.9. The van der Waals surface area contributed by atoms with Gasteiger partial charge in [-0.15, -0.1) is 0 Å². The highest BCUT2D eigenvalue weighted by atomic mass is 19.4. The van der Waals surface area contributed by atoms with E-state index in [9.17, 15) is 18.0 Å². The first-order valence-corrected chi connectivity index (χ1v) is 7.36. The molecule has 1 aliphatic rings. The molecule has 1 atom stereocenters. The minimum atomic E-state index is -4.29. The summed E-state index contributed by atoms with van der Waals surface area (Å²) in [6.45, 7) is 0. The summed E-state index contributed by atoms with van der Waals surface area (Å²) in [7, 11) is 2.95. The maximum atomic E-state index is 12.9. The summed E-state index contributed by atoms with van der Waals surface area (Å²) in [6.07, 6.45) is -3.63. The van der Waals surface area contributed by atoms with Crippen molar-refractivity contribution in [2.24, 2.45) is 0 Å². The first-order valence-electron chi connectivity index (χ1n) is 7.36. The van der Waals surface area contributed by atoms with Crippen LogP contribution in [0.3, 0.4) is 0 Å². The van der Waals surface area contributed by atoms with Gasteiger partial charge >= 0.3 is 6.18 Å². The Hall–Kier alpha value is -2.44. The molecule has 0 spiro atoms. The smallest absolute Gasteiger partial charge is 0.391 e. The van der Waals surface area contributed by atoms with Crippen molar-refractivity contribution in [2.45, 2.75) is 25.1 Å². The lowest BCUT2D eigenvalue weighted by atomic mass is 9.90. The molecule has 4 nitrogen and oxygen atoms in total. The number of benzene rings is 1. The van der Waals surface area contributed by atoms with Gasteiger partial charge in [0.05, 0.1) is 26.3 Å². The number of methoxy groups -OCH3 is 2. The average molecular weight is 339 g/mol. The molecule has 1 aromatic carbocycles. The molecular formula is C17H16F3NO3. The largest absolute Gasteiger partial charge is 0.493 e. The molecule has 1 unspecified atom stereocenters. The summed E-state index contributed by atoms with van der Waals surface area (Å²) in [6, 6.07) is 5.21. The Morgan fingerprint density at radius 2 is 1.83 bits per heavy atom. The second-order valence-corrected chi connectivity index (χ2v) is 5.70. The normalized spacial score (nSPS) is 16.3. The van der Waals surface area contributed by atoms with Crippen LogP contribution >= 0.6 is 0 Å². The van der Waals surface area contributed by atoms with Crippen LogP contribution in [0.25, 0.3) is 11.3 Å². The standard InChI is InChI=1S/C17H16F3NO3/c1-23-15-6-10-5-11(9-17(18,19)20)21-4-3-12(22)7-14(21)13(10)8-16(15)24-2/h3-4,6-8,11H,5,9H2,1-2H3. The number of alkyl halides is 3. The topological polar surface area (TPSA) is 40.5 Å². The first kappa shape index (κ1) is 16.4. The van der Waals surface area contributed by atoms with Gasteiger partial charge in [0, 0.05) is 29.9 Å². The summed E-state index contributed by atoms with van der Waals surface area (Å²) >= 11 is 0. The lowest BCUT2D eigenvalue weighted by Crippen LogP contribution is -2.26. The highest BCUT2D eigenvalue weighted by Crippen LogP contribution is 2.43. The highest BCUT2D eigenvalue weighted by Gasteiger charge is 2.36. The van der Waals surface area contributed by atoms with Crippen molar-refractivity contribution in [3.63, 3.8) is 0 Å². The summed E-state index contributed by atoms with van der Waals surface area (Å²) < 4.78 is 50.8. The van der Waals surface area contributed by atoms with Crippen LogP contribution in [0.4, 0.5) is 13.2 Å². The minimum absolute atomic E-state index is 0.199. The van der Waals surface area contributed by atoms with E-state index >= 15 is 0 Å². The lowest BCUT2D eigenvalue weighted by molar-refractivity contribution is -0.142. The number of pyridine rings is 1. The zero-order valence-electron chi connectivity index (χ0n) is 13.2. The monoisotopic (exact) mass is 339 g/mol. The number of nitrogens with zero attached hydrogens (tertiary/aromatic N) is 1. The van der Waals surface area contributed by atoms with Gasteiger partial charge in [-0.2, -0.15) is 13.2 Å². The summed E-state index contributed by atoms with van der Waals surface area (Å²) in [4.78, 5) is 11.7. The molecule has 0 saturated carbocycles. The third kappa shape index (κ3) is 2.98. The van der Waals surface area contributed by atoms with E-state index in [4.69, 9.17) is 9.47 Å².